The smallest absolute Gasteiger partial charge is 0.277 e. The zero-order valence-electron chi connectivity index (χ0n) is 10.4. The van der Waals surface area contributed by atoms with Gasteiger partial charge in [-0.15, -0.1) is 10.2 Å². The summed E-state index contributed by atoms with van der Waals surface area (Å²) in [6.07, 6.45) is 1.09. The molecule has 1 saturated heterocycles. The Morgan fingerprint density at radius 2 is 2.32 bits per heavy atom. The Morgan fingerprint density at radius 3 is 2.89 bits per heavy atom. The van der Waals surface area contributed by atoms with Crippen LogP contribution in [0.5, 0.6) is 0 Å². The molecule has 0 spiro atoms. The second-order valence-electron chi connectivity index (χ2n) is 4.60. The Morgan fingerprint density at radius 1 is 1.58 bits per heavy atom. The molecule has 1 amide bonds. The van der Waals surface area contributed by atoms with E-state index in [1.807, 2.05) is 0 Å². The van der Waals surface area contributed by atoms with Crippen molar-refractivity contribution in [3.63, 3.8) is 0 Å². The summed E-state index contributed by atoms with van der Waals surface area (Å²) < 4.78 is 28.0. The van der Waals surface area contributed by atoms with Crippen molar-refractivity contribution >= 4 is 27.5 Å². The lowest BCUT2D eigenvalue weighted by atomic mass is 10.1. The van der Waals surface area contributed by atoms with Gasteiger partial charge in [-0.3, -0.25) is 4.79 Å². The normalized spacial score (nSPS) is 23.3. The fourth-order valence-corrected chi connectivity index (χ4v) is 4.37. The van der Waals surface area contributed by atoms with Crippen LogP contribution in [0.25, 0.3) is 0 Å². The van der Waals surface area contributed by atoms with Crippen LogP contribution >= 0.6 is 11.8 Å². The van der Waals surface area contributed by atoms with Gasteiger partial charge in [0, 0.05) is 6.42 Å². The lowest BCUT2D eigenvalue weighted by Crippen LogP contribution is -2.22. The molecule has 7 nitrogen and oxygen atoms in total. The van der Waals surface area contributed by atoms with Crippen molar-refractivity contribution in [2.75, 3.05) is 11.5 Å². The molecule has 1 aromatic rings. The maximum absolute atomic E-state index is 11.3. The van der Waals surface area contributed by atoms with Crippen LogP contribution in [0.1, 0.15) is 19.2 Å². The Hall–Kier alpha value is -1.09. The molecule has 2 atom stereocenters. The van der Waals surface area contributed by atoms with Gasteiger partial charge in [0.15, 0.2) is 9.84 Å². The molecule has 106 valence electrons. The van der Waals surface area contributed by atoms with Crippen molar-refractivity contribution in [2.24, 2.45) is 11.7 Å². The van der Waals surface area contributed by atoms with Gasteiger partial charge in [0.1, 0.15) is 0 Å². The van der Waals surface area contributed by atoms with Crippen LogP contribution in [0.4, 0.5) is 0 Å². The van der Waals surface area contributed by atoms with Gasteiger partial charge in [0.05, 0.1) is 16.8 Å². The molecule has 2 N–H and O–H groups in total. The Labute approximate surface area is 115 Å². The molecule has 0 radical (unpaired) electrons. The van der Waals surface area contributed by atoms with Gasteiger partial charge in [-0.2, -0.15) is 0 Å². The van der Waals surface area contributed by atoms with Crippen molar-refractivity contribution in [2.45, 2.75) is 30.2 Å². The summed E-state index contributed by atoms with van der Waals surface area (Å²) in [5.74, 6) is 0.395. The number of carbonyl (C=O) groups is 1. The van der Waals surface area contributed by atoms with Crippen molar-refractivity contribution < 1.29 is 17.6 Å². The van der Waals surface area contributed by atoms with Gasteiger partial charge in [-0.05, 0) is 19.3 Å². The van der Waals surface area contributed by atoms with Gasteiger partial charge >= 0.3 is 0 Å². The molecule has 0 saturated carbocycles. The largest absolute Gasteiger partial charge is 0.416 e. The van der Waals surface area contributed by atoms with E-state index >= 15 is 0 Å². The highest BCUT2D eigenvalue weighted by Crippen LogP contribution is 2.25. The maximum Gasteiger partial charge on any atom is 0.277 e. The molecule has 1 aliphatic heterocycles. The second-order valence-corrected chi connectivity index (χ2v) is 8.12. The first-order valence-corrected chi connectivity index (χ1v) is 8.54. The van der Waals surface area contributed by atoms with E-state index in [1.165, 1.54) is 0 Å². The fraction of sp³-hybridized carbons (Fsp3) is 0.700. The molecule has 1 aliphatic rings. The van der Waals surface area contributed by atoms with Gasteiger partial charge in [0.2, 0.25) is 11.8 Å². The number of thioether (sulfide) groups is 1. The molecule has 1 fully saturated rings. The van der Waals surface area contributed by atoms with E-state index in [-0.39, 0.29) is 22.6 Å². The third kappa shape index (κ3) is 3.93. The standard InChI is InChI=1S/C10H15N3O4S2/c1-6(9(11)14)18-10-13-12-8(17-10)4-7-2-3-19(15,16)5-7/h6-7H,2-5H2,1H3,(H2,11,14)/t6-,7-/m0/s1. The zero-order chi connectivity index (χ0) is 14.0. The van der Waals surface area contributed by atoms with E-state index < -0.39 is 21.0 Å². The molecule has 0 aromatic carbocycles. The van der Waals surface area contributed by atoms with E-state index in [0.717, 1.165) is 11.8 Å². The van der Waals surface area contributed by atoms with Crippen LogP contribution in [0.15, 0.2) is 9.64 Å². The Balaban J connectivity index is 1.93. The topological polar surface area (TPSA) is 116 Å². The van der Waals surface area contributed by atoms with Crippen LogP contribution < -0.4 is 5.73 Å². The van der Waals surface area contributed by atoms with Crippen LogP contribution in [-0.4, -0.2) is 41.3 Å². The molecule has 9 heteroatoms. The molecule has 0 bridgehead atoms. The molecule has 19 heavy (non-hydrogen) atoms. The summed E-state index contributed by atoms with van der Waals surface area (Å²) in [6, 6.07) is 0. The molecule has 0 unspecified atom stereocenters. The van der Waals surface area contributed by atoms with E-state index in [0.29, 0.717) is 18.7 Å². The first-order chi connectivity index (χ1) is 8.85. The van der Waals surface area contributed by atoms with Crippen LogP contribution in [0, 0.1) is 5.92 Å². The minimum absolute atomic E-state index is 0.0388. The Kier molecular flexibility index (Phi) is 4.14. The number of amides is 1. The molecule has 1 aromatic heterocycles. The Bertz CT molecular complexity index is 569. The van der Waals surface area contributed by atoms with Gasteiger partial charge in [-0.25, -0.2) is 8.42 Å². The third-order valence-electron chi connectivity index (χ3n) is 2.92. The first kappa shape index (κ1) is 14.3. The molecule has 2 rings (SSSR count). The SMILES string of the molecule is C[C@H](Sc1nnc(C[C@@H]2CCS(=O)(=O)C2)o1)C(N)=O. The lowest BCUT2D eigenvalue weighted by molar-refractivity contribution is -0.117. The van der Waals surface area contributed by atoms with Crippen molar-refractivity contribution in [3.05, 3.63) is 5.89 Å². The highest BCUT2D eigenvalue weighted by Gasteiger charge is 2.29. The molecule has 0 aliphatic carbocycles. The van der Waals surface area contributed by atoms with E-state index in [2.05, 4.69) is 10.2 Å². The number of aromatic nitrogens is 2. The van der Waals surface area contributed by atoms with Crippen LogP contribution in [0.3, 0.4) is 0 Å². The van der Waals surface area contributed by atoms with E-state index in [9.17, 15) is 13.2 Å². The average molecular weight is 305 g/mol. The fourth-order valence-electron chi connectivity index (χ4n) is 1.86. The molecular formula is C10H15N3O4S2. The number of nitrogens with two attached hydrogens (primary N) is 1. The third-order valence-corrected chi connectivity index (χ3v) is 5.71. The van der Waals surface area contributed by atoms with Gasteiger partial charge in [-0.1, -0.05) is 11.8 Å². The summed E-state index contributed by atoms with van der Waals surface area (Å²) in [5, 5.41) is 7.50. The van der Waals surface area contributed by atoms with E-state index in [4.69, 9.17) is 10.2 Å². The average Bonchev–Trinajstić information content (AvgIpc) is 2.86. The number of carbonyl (C=O) groups excluding carboxylic acids is 1. The highest BCUT2D eigenvalue weighted by atomic mass is 32.2. The predicted molar refractivity (Wildman–Crippen MR) is 69.3 cm³/mol. The van der Waals surface area contributed by atoms with Crippen molar-refractivity contribution in [1.29, 1.82) is 0 Å². The van der Waals surface area contributed by atoms with Crippen LogP contribution in [0.2, 0.25) is 0 Å². The zero-order valence-corrected chi connectivity index (χ0v) is 12.0. The minimum atomic E-state index is -2.90. The summed E-state index contributed by atoms with van der Waals surface area (Å²) in [6.45, 7) is 1.65. The highest BCUT2D eigenvalue weighted by molar-refractivity contribution is 8.00. The van der Waals surface area contributed by atoms with Crippen LogP contribution in [-0.2, 0) is 21.1 Å². The summed E-state index contributed by atoms with van der Waals surface area (Å²) in [4.78, 5) is 10.9. The summed E-state index contributed by atoms with van der Waals surface area (Å²) in [7, 11) is -2.90. The van der Waals surface area contributed by atoms with Crippen molar-refractivity contribution in [3.8, 4) is 0 Å². The number of hydrogen-bond donors (Lipinski definition) is 1. The molecule has 2 heterocycles. The van der Waals surface area contributed by atoms with Gasteiger partial charge < -0.3 is 10.2 Å². The number of primary amides is 1. The number of rotatable bonds is 5. The quantitative estimate of drug-likeness (QED) is 0.762. The van der Waals surface area contributed by atoms with Gasteiger partial charge in [0.25, 0.3) is 5.22 Å². The predicted octanol–water partition coefficient (Wildman–Crippen LogP) is 0.0127. The number of hydrogen-bond acceptors (Lipinski definition) is 7. The number of nitrogens with zero attached hydrogens (tertiary/aromatic N) is 2. The summed E-state index contributed by atoms with van der Waals surface area (Å²) in [5.41, 5.74) is 5.14. The monoisotopic (exact) mass is 305 g/mol. The van der Waals surface area contributed by atoms with E-state index in [1.54, 1.807) is 6.92 Å². The second kappa shape index (κ2) is 5.49. The number of sulfone groups is 1. The molecular weight excluding hydrogens is 290 g/mol. The van der Waals surface area contributed by atoms with Crippen molar-refractivity contribution in [1.82, 2.24) is 10.2 Å². The summed E-state index contributed by atoms with van der Waals surface area (Å²) >= 11 is 1.10. The lowest BCUT2D eigenvalue weighted by Gasteiger charge is -2.03. The minimum Gasteiger partial charge on any atom is -0.416 e. The first-order valence-electron chi connectivity index (χ1n) is 5.84. The maximum atomic E-state index is 11.3.